The number of aromatic amines is 1. The van der Waals surface area contributed by atoms with Crippen LogP contribution >= 0.6 is 0 Å². The van der Waals surface area contributed by atoms with Crippen LogP contribution in [0.2, 0.25) is 0 Å². The molecule has 0 bridgehead atoms. The lowest BCUT2D eigenvalue weighted by Crippen LogP contribution is -2.24. The molecule has 1 aliphatic heterocycles. The Morgan fingerprint density at radius 2 is 2.14 bits per heavy atom. The zero-order chi connectivity index (χ0) is 14.6. The number of H-pyrrole nitrogens is 1. The molecule has 6 nitrogen and oxygen atoms in total. The van der Waals surface area contributed by atoms with Crippen LogP contribution in [-0.2, 0) is 6.42 Å². The first-order chi connectivity index (χ1) is 10.0. The summed E-state index contributed by atoms with van der Waals surface area (Å²) in [6.07, 6.45) is 2.30. The predicted octanol–water partition coefficient (Wildman–Crippen LogP) is 2.32. The van der Waals surface area contributed by atoms with E-state index in [0.717, 1.165) is 17.7 Å². The van der Waals surface area contributed by atoms with Gasteiger partial charge in [0.05, 0.1) is 5.56 Å². The van der Waals surface area contributed by atoms with Gasteiger partial charge in [-0.15, -0.1) is 0 Å². The Bertz CT molecular complexity index is 852. The summed E-state index contributed by atoms with van der Waals surface area (Å²) in [4.78, 5) is 15.8. The standard InChI is InChI=1S/C15H15N5O/c1-15(2)6-8-4-3-5-9(11(8)21-15)13-19-10-12(16)17-7-18-14(10)20-13/h3-5,7H,6H2,1-2H3,(H3,16,17,18,19,20). The molecule has 2 aromatic heterocycles. The summed E-state index contributed by atoms with van der Waals surface area (Å²) < 4.78 is 6.08. The minimum atomic E-state index is -0.191. The summed E-state index contributed by atoms with van der Waals surface area (Å²) in [5, 5.41) is 0. The second kappa shape index (κ2) is 3.94. The number of imidazole rings is 1. The van der Waals surface area contributed by atoms with Crippen molar-refractivity contribution in [3.05, 3.63) is 30.1 Å². The molecule has 0 unspecified atom stereocenters. The molecule has 3 N–H and O–H groups in total. The highest BCUT2D eigenvalue weighted by Gasteiger charge is 2.32. The quantitative estimate of drug-likeness (QED) is 0.714. The third-order valence-electron chi connectivity index (χ3n) is 3.66. The first-order valence-corrected chi connectivity index (χ1v) is 6.81. The summed E-state index contributed by atoms with van der Waals surface area (Å²) in [6, 6.07) is 6.09. The number of hydrogen-bond acceptors (Lipinski definition) is 5. The van der Waals surface area contributed by atoms with Crippen molar-refractivity contribution in [1.29, 1.82) is 0 Å². The molecule has 1 aromatic carbocycles. The van der Waals surface area contributed by atoms with Crippen LogP contribution in [0.5, 0.6) is 5.75 Å². The lowest BCUT2D eigenvalue weighted by atomic mass is 10.0. The van der Waals surface area contributed by atoms with Crippen LogP contribution in [0.25, 0.3) is 22.6 Å². The molecule has 3 heterocycles. The molecule has 6 heteroatoms. The Morgan fingerprint density at radius 3 is 2.95 bits per heavy atom. The molecule has 0 saturated carbocycles. The molecule has 0 aliphatic carbocycles. The van der Waals surface area contributed by atoms with Gasteiger partial charge in [0.2, 0.25) is 0 Å². The molecule has 0 saturated heterocycles. The number of benzene rings is 1. The number of ether oxygens (including phenoxy) is 1. The largest absolute Gasteiger partial charge is 0.486 e. The maximum absolute atomic E-state index is 6.08. The maximum atomic E-state index is 6.08. The Hall–Kier alpha value is -2.63. The zero-order valence-electron chi connectivity index (χ0n) is 11.8. The highest BCUT2D eigenvalue weighted by Crippen LogP contribution is 2.41. The van der Waals surface area contributed by atoms with Gasteiger partial charge in [-0.3, -0.25) is 0 Å². The third kappa shape index (κ3) is 1.83. The highest BCUT2D eigenvalue weighted by molar-refractivity contribution is 5.85. The van der Waals surface area contributed by atoms with Gasteiger partial charge in [0.15, 0.2) is 11.5 Å². The van der Waals surface area contributed by atoms with Crippen LogP contribution in [0.4, 0.5) is 5.82 Å². The molecule has 0 radical (unpaired) electrons. The fraction of sp³-hybridized carbons (Fsp3) is 0.267. The number of para-hydroxylation sites is 1. The van der Waals surface area contributed by atoms with E-state index in [0.29, 0.717) is 22.8 Å². The topological polar surface area (TPSA) is 89.7 Å². The normalized spacial score (nSPS) is 15.9. The van der Waals surface area contributed by atoms with Crippen LogP contribution in [0.1, 0.15) is 19.4 Å². The van der Waals surface area contributed by atoms with E-state index in [-0.39, 0.29) is 5.60 Å². The second-order valence-electron chi connectivity index (χ2n) is 5.88. The highest BCUT2D eigenvalue weighted by atomic mass is 16.5. The minimum Gasteiger partial charge on any atom is -0.486 e. The smallest absolute Gasteiger partial charge is 0.183 e. The number of nitrogens with two attached hydrogens (primary N) is 1. The van der Waals surface area contributed by atoms with E-state index >= 15 is 0 Å². The molecule has 0 spiro atoms. The first kappa shape index (κ1) is 12.1. The summed E-state index contributed by atoms with van der Waals surface area (Å²) in [6.45, 7) is 4.16. The molecule has 1 aliphatic rings. The average Bonchev–Trinajstić information content (AvgIpc) is 2.97. The molecular weight excluding hydrogens is 266 g/mol. The molecule has 4 rings (SSSR count). The number of aromatic nitrogens is 4. The summed E-state index contributed by atoms with van der Waals surface area (Å²) >= 11 is 0. The second-order valence-corrected chi connectivity index (χ2v) is 5.88. The van der Waals surface area contributed by atoms with Gasteiger partial charge in [-0.05, 0) is 25.5 Å². The zero-order valence-corrected chi connectivity index (χ0v) is 11.8. The van der Waals surface area contributed by atoms with E-state index in [2.05, 4.69) is 39.8 Å². The van der Waals surface area contributed by atoms with Gasteiger partial charge in [-0.25, -0.2) is 15.0 Å². The van der Waals surface area contributed by atoms with Gasteiger partial charge in [0, 0.05) is 6.42 Å². The average molecular weight is 281 g/mol. The molecule has 3 aromatic rings. The number of fused-ring (bicyclic) bond motifs is 2. The monoisotopic (exact) mass is 281 g/mol. The lowest BCUT2D eigenvalue weighted by molar-refractivity contribution is 0.139. The van der Waals surface area contributed by atoms with Gasteiger partial charge < -0.3 is 15.5 Å². The summed E-state index contributed by atoms with van der Waals surface area (Å²) in [7, 11) is 0. The van der Waals surface area contributed by atoms with Gasteiger partial charge >= 0.3 is 0 Å². The van der Waals surface area contributed by atoms with Crippen LogP contribution in [0, 0.1) is 0 Å². The van der Waals surface area contributed by atoms with Crippen molar-refractivity contribution in [2.45, 2.75) is 25.9 Å². The van der Waals surface area contributed by atoms with Gasteiger partial charge in [0.25, 0.3) is 0 Å². The predicted molar refractivity (Wildman–Crippen MR) is 79.9 cm³/mol. The van der Waals surface area contributed by atoms with E-state index in [1.54, 1.807) is 0 Å². The number of anilines is 1. The fourth-order valence-corrected chi connectivity index (χ4v) is 2.78. The first-order valence-electron chi connectivity index (χ1n) is 6.81. The van der Waals surface area contributed by atoms with Gasteiger partial charge in [-0.1, -0.05) is 12.1 Å². The number of nitrogens with one attached hydrogen (secondary N) is 1. The summed E-state index contributed by atoms with van der Waals surface area (Å²) in [5.74, 6) is 1.98. The van der Waals surface area contributed by atoms with Gasteiger partial charge in [-0.2, -0.15) is 0 Å². The minimum absolute atomic E-state index is 0.191. The van der Waals surface area contributed by atoms with E-state index in [1.165, 1.54) is 11.9 Å². The number of hydrogen-bond donors (Lipinski definition) is 2. The Morgan fingerprint density at radius 1 is 1.29 bits per heavy atom. The number of nitrogens with zero attached hydrogens (tertiary/aromatic N) is 3. The van der Waals surface area contributed by atoms with Crippen molar-refractivity contribution < 1.29 is 4.74 Å². The van der Waals surface area contributed by atoms with E-state index in [9.17, 15) is 0 Å². The van der Waals surface area contributed by atoms with Crippen molar-refractivity contribution in [1.82, 2.24) is 19.9 Å². The third-order valence-corrected chi connectivity index (χ3v) is 3.66. The van der Waals surface area contributed by atoms with Crippen molar-refractivity contribution in [3.8, 4) is 17.1 Å². The number of nitrogen functional groups attached to an aromatic ring is 1. The summed E-state index contributed by atoms with van der Waals surface area (Å²) in [5.41, 5.74) is 8.99. The fourth-order valence-electron chi connectivity index (χ4n) is 2.78. The molecule has 106 valence electrons. The van der Waals surface area contributed by atoms with E-state index in [4.69, 9.17) is 10.5 Å². The van der Waals surface area contributed by atoms with Crippen LogP contribution in [0.15, 0.2) is 24.5 Å². The molecule has 0 atom stereocenters. The molecule has 0 fully saturated rings. The van der Waals surface area contributed by atoms with Crippen molar-refractivity contribution in [2.24, 2.45) is 0 Å². The van der Waals surface area contributed by atoms with Crippen LogP contribution in [0.3, 0.4) is 0 Å². The van der Waals surface area contributed by atoms with Crippen molar-refractivity contribution in [2.75, 3.05) is 5.73 Å². The Balaban J connectivity index is 1.91. The van der Waals surface area contributed by atoms with Crippen molar-refractivity contribution >= 4 is 17.0 Å². The van der Waals surface area contributed by atoms with Crippen LogP contribution < -0.4 is 10.5 Å². The van der Waals surface area contributed by atoms with Gasteiger partial charge in [0.1, 0.15) is 29.0 Å². The van der Waals surface area contributed by atoms with Crippen molar-refractivity contribution in [3.63, 3.8) is 0 Å². The SMILES string of the molecule is CC1(C)Cc2cccc(-c3nc4ncnc(N)c4[nH]3)c2O1. The maximum Gasteiger partial charge on any atom is 0.183 e. The molecule has 0 amide bonds. The van der Waals surface area contributed by atoms with Crippen LogP contribution in [-0.4, -0.2) is 25.5 Å². The van der Waals surface area contributed by atoms with E-state index in [1.807, 2.05) is 12.1 Å². The number of rotatable bonds is 1. The molecule has 21 heavy (non-hydrogen) atoms. The molecular formula is C15H15N5O. The lowest BCUT2D eigenvalue weighted by Gasteiger charge is -2.17. The Labute approximate surface area is 121 Å². The Kier molecular flexibility index (Phi) is 2.28. The van der Waals surface area contributed by atoms with E-state index < -0.39 is 0 Å².